The SMILES string of the molecule is Cc1ccc2c(c1)CCCN2CC(=O)NCc1ccccc1. The molecule has 1 N–H and O–H groups in total. The van der Waals surface area contributed by atoms with E-state index in [0.29, 0.717) is 13.1 Å². The van der Waals surface area contributed by atoms with Crippen molar-refractivity contribution < 1.29 is 4.79 Å². The number of fused-ring (bicyclic) bond motifs is 1. The summed E-state index contributed by atoms with van der Waals surface area (Å²) in [7, 11) is 0. The zero-order valence-corrected chi connectivity index (χ0v) is 13.0. The highest BCUT2D eigenvalue weighted by molar-refractivity contribution is 5.82. The van der Waals surface area contributed by atoms with Crippen LogP contribution in [0.4, 0.5) is 5.69 Å². The zero-order valence-electron chi connectivity index (χ0n) is 13.0. The fraction of sp³-hybridized carbons (Fsp3) is 0.316. The van der Waals surface area contributed by atoms with Gasteiger partial charge in [0.25, 0.3) is 0 Å². The highest BCUT2D eigenvalue weighted by Gasteiger charge is 2.18. The van der Waals surface area contributed by atoms with Crippen LogP contribution in [0.25, 0.3) is 0 Å². The summed E-state index contributed by atoms with van der Waals surface area (Å²) in [4.78, 5) is 14.4. The van der Waals surface area contributed by atoms with E-state index in [2.05, 4.69) is 35.3 Å². The minimum atomic E-state index is 0.0808. The molecule has 0 radical (unpaired) electrons. The molecule has 0 atom stereocenters. The molecule has 1 aliphatic heterocycles. The van der Waals surface area contributed by atoms with Gasteiger partial charge in [-0.15, -0.1) is 0 Å². The third-order valence-electron chi connectivity index (χ3n) is 4.12. The molecule has 3 rings (SSSR count). The maximum atomic E-state index is 12.2. The van der Waals surface area contributed by atoms with Crippen molar-refractivity contribution in [2.75, 3.05) is 18.0 Å². The van der Waals surface area contributed by atoms with Crippen LogP contribution in [0.5, 0.6) is 0 Å². The quantitative estimate of drug-likeness (QED) is 0.940. The smallest absolute Gasteiger partial charge is 0.239 e. The van der Waals surface area contributed by atoms with Crippen molar-refractivity contribution in [3.8, 4) is 0 Å². The Bertz CT molecular complexity index is 652. The fourth-order valence-electron chi connectivity index (χ4n) is 2.99. The molecule has 1 aliphatic rings. The maximum Gasteiger partial charge on any atom is 0.239 e. The number of hydrogen-bond acceptors (Lipinski definition) is 2. The highest BCUT2D eigenvalue weighted by atomic mass is 16.2. The number of amides is 1. The second-order valence-electron chi connectivity index (χ2n) is 5.92. The minimum absolute atomic E-state index is 0.0808. The predicted octanol–water partition coefficient (Wildman–Crippen LogP) is 3.06. The van der Waals surface area contributed by atoms with Gasteiger partial charge in [0.1, 0.15) is 0 Å². The topological polar surface area (TPSA) is 32.3 Å². The molecule has 0 bridgehead atoms. The summed E-state index contributed by atoms with van der Waals surface area (Å²) in [6, 6.07) is 16.5. The van der Waals surface area contributed by atoms with Gasteiger partial charge in [-0.3, -0.25) is 4.79 Å². The standard InChI is InChI=1S/C19H22N2O/c1-15-9-10-18-17(12-15)8-5-11-21(18)14-19(22)20-13-16-6-3-2-4-7-16/h2-4,6-7,9-10,12H,5,8,11,13-14H2,1H3,(H,20,22). The largest absolute Gasteiger partial charge is 0.362 e. The Kier molecular flexibility index (Phi) is 4.42. The molecule has 1 heterocycles. The lowest BCUT2D eigenvalue weighted by atomic mass is 9.99. The van der Waals surface area contributed by atoms with Crippen LogP contribution in [-0.2, 0) is 17.8 Å². The Morgan fingerprint density at radius 3 is 2.82 bits per heavy atom. The summed E-state index contributed by atoms with van der Waals surface area (Å²) in [5.74, 6) is 0.0808. The summed E-state index contributed by atoms with van der Waals surface area (Å²) >= 11 is 0. The van der Waals surface area contributed by atoms with E-state index in [-0.39, 0.29) is 5.91 Å². The van der Waals surface area contributed by atoms with Crippen molar-refractivity contribution in [1.29, 1.82) is 0 Å². The molecule has 0 saturated heterocycles. The van der Waals surface area contributed by atoms with Crippen LogP contribution >= 0.6 is 0 Å². The van der Waals surface area contributed by atoms with E-state index in [1.165, 1.54) is 16.8 Å². The van der Waals surface area contributed by atoms with Crippen molar-refractivity contribution in [3.05, 3.63) is 65.2 Å². The average Bonchev–Trinajstić information content (AvgIpc) is 2.54. The van der Waals surface area contributed by atoms with Gasteiger partial charge in [0.05, 0.1) is 6.54 Å². The summed E-state index contributed by atoms with van der Waals surface area (Å²) < 4.78 is 0. The molecule has 2 aromatic carbocycles. The van der Waals surface area contributed by atoms with Gasteiger partial charge in [-0.25, -0.2) is 0 Å². The van der Waals surface area contributed by atoms with Crippen LogP contribution in [0.1, 0.15) is 23.1 Å². The molecular weight excluding hydrogens is 272 g/mol. The monoisotopic (exact) mass is 294 g/mol. The Labute approximate surface area is 132 Å². The number of nitrogens with one attached hydrogen (secondary N) is 1. The first kappa shape index (κ1) is 14.6. The van der Waals surface area contributed by atoms with Crippen molar-refractivity contribution in [3.63, 3.8) is 0 Å². The van der Waals surface area contributed by atoms with Gasteiger partial charge in [0.2, 0.25) is 5.91 Å². The predicted molar refractivity (Wildman–Crippen MR) is 90.0 cm³/mol. The number of anilines is 1. The van der Waals surface area contributed by atoms with Crippen molar-refractivity contribution in [1.82, 2.24) is 5.32 Å². The zero-order chi connectivity index (χ0) is 15.4. The number of hydrogen-bond donors (Lipinski definition) is 1. The third kappa shape index (κ3) is 3.48. The number of carbonyl (C=O) groups excluding carboxylic acids is 1. The van der Waals surface area contributed by atoms with Crippen molar-refractivity contribution in [2.24, 2.45) is 0 Å². The summed E-state index contributed by atoms with van der Waals surface area (Å²) in [6.07, 6.45) is 2.22. The van der Waals surface area contributed by atoms with Crippen LogP contribution in [0.3, 0.4) is 0 Å². The van der Waals surface area contributed by atoms with E-state index >= 15 is 0 Å². The molecule has 22 heavy (non-hydrogen) atoms. The Morgan fingerprint density at radius 2 is 2.00 bits per heavy atom. The number of nitrogens with zero attached hydrogens (tertiary/aromatic N) is 1. The molecule has 0 unspecified atom stereocenters. The molecule has 3 nitrogen and oxygen atoms in total. The van der Waals surface area contributed by atoms with Gasteiger partial charge in [0, 0.05) is 18.8 Å². The van der Waals surface area contributed by atoms with E-state index in [0.717, 1.165) is 24.9 Å². The maximum absolute atomic E-state index is 12.2. The molecule has 0 aliphatic carbocycles. The molecule has 0 fully saturated rings. The van der Waals surface area contributed by atoms with Crippen molar-refractivity contribution in [2.45, 2.75) is 26.3 Å². The molecule has 0 spiro atoms. The summed E-state index contributed by atoms with van der Waals surface area (Å²) in [5, 5.41) is 3.01. The number of benzene rings is 2. The lowest BCUT2D eigenvalue weighted by Crippen LogP contribution is -2.39. The van der Waals surface area contributed by atoms with E-state index in [1.807, 2.05) is 30.3 Å². The van der Waals surface area contributed by atoms with E-state index in [9.17, 15) is 4.79 Å². The van der Waals surface area contributed by atoms with E-state index < -0.39 is 0 Å². The van der Waals surface area contributed by atoms with Crippen molar-refractivity contribution >= 4 is 11.6 Å². The summed E-state index contributed by atoms with van der Waals surface area (Å²) in [6.45, 7) is 4.10. The van der Waals surface area contributed by atoms with Crippen LogP contribution in [0.15, 0.2) is 48.5 Å². The highest BCUT2D eigenvalue weighted by Crippen LogP contribution is 2.27. The van der Waals surface area contributed by atoms with Crippen LogP contribution in [0, 0.1) is 6.92 Å². The number of aryl methyl sites for hydroxylation is 2. The Hall–Kier alpha value is -2.29. The third-order valence-corrected chi connectivity index (χ3v) is 4.12. The Balaban J connectivity index is 1.61. The van der Waals surface area contributed by atoms with Gasteiger partial charge in [0.15, 0.2) is 0 Å². The lowest BCUT2D eigenvalue weighted by Gasteiger charge is -2.31. The number of rotatable bonds is 4. The molecule has 0 aromatic heterocycles. The fourth-order valence-corrected chi connectivity index (χ4v) is 2.99. The van der Waals surface area contributed by atoms with Crippen LogP contribution < -0.4 is 10.2 Å². The van der Waals surface area contributed by atoms with Gasteiger partial charge in [-0.2, -0.15) is 0 Å². The first-order valence-electron chi connectivity index (χ1n) is 7.87. The number of carbonyl (C=O) groups is 1. The molecule has 1 amide bonds. The molecule has 3 heteroatoms. The second kappa shape index (κ2) is 6.65. The summed E-state index contributed by atoms with van der Waals surface area (Å²) in [5.41, 5.74) is 4.99. The van der Waals surface area contributed by atoms with Gasteiger partial charge in [-0.05, 0) is 37.0 Å². The van der Waals surface area contributed by atoms with Crippen LogP contribution in [0.2, 0.25) is 0 Å². The van der Waals surface area contributed by atoms with E-state index in [1.54, 1.807) is 0 Å². The lowest BCUT2D eigenvalue weighted by molar-refractivity contribution is -0.119. The van der Waals surface area contributed by atoms with Crippen LogP contribution in [-0.4, -0.2) is 19.0 Å². The average molecular weight is 294 g/mol. The van der Waals surface area contributed by atoms with E-state index in [4.69, 9.17) is 0 Å². The van der Waals surface area contributed by atoms with Gasteiger partial charge >= 0.3 is 0 Å². The molecule has 0 saturated carbocycles. The first-order chi connectivity index (χ1) is 10.7. The normalized spacial score (nSPS) is 13.6. The molecule has 114 valence electrons. The second-order valence-corrected chi connectivity index (χ2v) is 5.92. The van der Waals surface area contributed by atoms with Gasteiger partial charge in [-0.1, -0.05) is 48.0 Å². The first-order valence-corrected chi connectivity index (χ1v) is 7.87. The Morgan fingerprint density at radius 1 is 1.18 bits per heavy atom. The van der Waals surface area contributed by atoms with Gasteiger partial charge < -0.3 is 10.2 Å². The minimum Gasteiger partial charge on any atom is -0.362 e. The molecular formula is C19H22N2O. The molecule has 2 aromatic rings.